The molecule has 1 rings (SSSR count). The second kappa shape index (κ2) is 5.61. The Bertz CT molecular complexity index is 198. The molecule has 0 bridgehead atoms. The summed E-state index contributed by atoms with van der Waals surface area (Å²) < 4.78 is 5.33. The van der Waals surface area contributed by atoms with Gasteiger partial charge in [0.1, 0.15) is 6.29 Å². The maximum atomic E-state index is 10.8. The summed E-state index contributed by atoms with van der Waals surface area (Å²) in [5, 5.41) is 0. The molecule has 88 valence electrons. The van der Waals surface area contributed by atoms with Gasteiger partial charge in [0.15, 0.2) is 0 Å². The summed E-state index contributed by atoms with van der Waals surface area (Å²) in [7, 11) is 2.10. The maximum Gasteiger partial charge on any atom is 0.126 e. The van der Waals surface area contributed by atoms with Crippen LogP contribution in [0.5, 0.6) is 0 Å². The fraction of sp³-hybridized carbons (Fsp3) is 0.917. The van der Waals surface area contributed by atoms with E-state index in [0.717, 1.165) is 51.3 Å². The van der Waals surface area contributed by atoms with Crippen LogP contribution in [0.1, 0.15) is 26.7 Å². The number of carbonyl (C=O) groups excluding carboxylic acids is 1. The van der Waals surface area contributed by atoms with Gasteiger partial charge in [0.25, 0.3) is 0 Å². The van der Waals surface area contributed by atoms with Crippen LogP contribution >= 0.6 is 0 Å². The lowest BCUT2D eigenvalue weighted by molar-refractivity contribution is -0.115. The Morgan fingerprint density at radius 2 is 2.00 bits per heavy atom. The molecule has 0 saturated carbocycles. The van der Waals surface area contributed by atoms with Crippen molar-refractivity contribution in [1.82, 2.24) is 4.90 Å². The Balaban J connectivity index is 2.28. The highest BCUT2D eigenvalue weighted by Gasteiger charge is 2.21. The molecule has 0 aromatic rings. The summed E-state index contributed by atoms with van der Waals surface area (Å²) in [6, 6.07) is 0. The molecule has 0 aromatic carbocycles. The minimum absolute atomic E-state index is 0.222. The molecule has 1 aliphatic rings. The first-order valence-electron chi connectivity index (χ1n) is 5.76. The van der Waals surface area contributed by atoms with Crippen molar-refractivity contribution in [2.75, 3.05) is 33.4 Å². The molecule has 3 heteroatoms. The lowest BCUT2D eigenvalue weighted by Gasteiger charge is -2.30. The quantitative estimate of drug-likeness (QED) is 0.649. The zero-order valence-corrected chi connectivity index (χ0v) is 10.2. The van der Waals surface area contributed by atoms with Crippen LogP contribution in [-0.4, -0.2) is 44.5 Å². The number of carbonyl (C=O) groups is 1. The average Bonchev–Trinajstić information content (AvgIpc) is 2.18. The summed E-state index contributed by atoms with van der Waals surface area (Å²) in [6.07, 6.45) is 3.37. The highest BCUT2D eigenvalue weighted by Crippen LogP contribution is 2.18. The largest absolute Gasteiger partial charge is 0.381 e. The molecule has 0 N–H and O–H groups in total. The molecule has 1 saturated heterocycles. The number of aldehydes is 1. The highest BCUT2D eigenvalue weighted by atomic mass is 16.5. The summed E-state index contributed by atoms with van der Waals surface area (Å²) in [6.45, 7) is 7.70. The van der Waals surface area contributed by atoms with E-state index in [4.69, 9.17) is 4.74 Å². The van der Waals surface area contributed by atoms with Crippen molar-refractivity contribution >= 4 is 6.29 Å². The summed E-state index contributed by atoms with van der Waals surface area (Å²) in [5.74, 6) is 0.742. The highest BCUT2D eigenvalue weighted by molar-refractivity contribution is 5.58. The fourth-order valence-electron chi connectivity index (χ4n) is 2.17. The van der Waals surface area contributed by atoms with Gasteiger partial charge in [0.05, 0.1) is 0 Å². The molecule has 0 aliphatic carbocycles. The van der Waals surface area contributed by atoms with E-state index in [2.05, 4.69) is 11.9 Å². The minimum atomic E-state index is -0.222. The second-order valence-corrected chi connectivity index (χ2v) is 5.36. The standard InChI is InChI=1S/C12H23NO2/c1-12(2,10-14)9-13(3)8-11-4-6-15-7-5-11/h10-11H,4-9H2,1-3H3. The van der Waals surface area contributed by atoms with E-state index in [1.54, 1.807) is 0 Å². The lowest BCUT2D eigenvalue weighted by atomic mass is 9.94. The van der Waals surface area contributed by atoms with Gasteiger partial charge in [-0.25, -0.2) is 0 Å². The topological polar surface area (TPSA) is 29.5 Å². The number of hydrogen-bond donors (Lipinski definition) is 0. The van der Waals surface area contributed by atoms with Crippen molar-refractivity contribution in [3.63, 3.8) is 0 Å². The van der Waals surface area contributed by atoms with Gasteiger partial charge in [0, 0.05) is 31.7 Å². The SMILES string of the molecule is CN(CC1CCOCC1)CC(C)(C)C=O. The number of hydrogen-bond acceptors (Lipinski definition) is 3. The molecular formula is C12H23NO2. The number of nitrogens with zero attached hydrogens (tertiary/aromatic N) is 1. The van der Waals surface area contributed by atoms with Gasteiger partial charge < -0.3 is 14.4 Å². The van der Waals surface area contributed by atoms with E-state index >= 15 is 0 Å². The first-order valence-corrected chi connectivity index (χ1v) is 5.76. The third-order valence-electron chi connectivity index (χ3n) is 2.91. The number of rotatable bonds is 5. The first kappa shape index (κ1) is 12.7. The van der Waals surface area contributed by atoms with Crippen LogP contribution in [0.3, 0.4) is 0 Å². The third-order valence-corrected chi connectivity index (χ3v) is 2.91. The van der Waals surface area contributed by atoms with Crippen molar-refractivity contribution in [2.45, 2.75) is 26.7 Å². The monoisotopic (exact) mass is 213 g/mol. The van der Waals surface area contributed by atoms with Crippen LogP contribution in [-0.2, 0) is 9.53 Å². The van der Waals surface area contributed by atoms with E-state index in [0.29, 0.717) is 0 Å². The molecule has 0 aromatic heterocycles. The molecule has 0 radical (unpaired) electrons. The first-order chi connectivity index (χ1) is 7.03. The maximum absolute atomic E-state index is 10.8. The average molecular weight is 213 g/mol. The van der Waals surface area contributed by atoms with E-state index in [1.807, 2.05) is 13.8 Å². The predicted octanol–water partition coefficient (Wildman–Crippen LogP) is 1.57. The molecule has 3 nitrogen and oxygen atoms in total. The van der Waals surface area contributed by atoms with Gasteiger partial charge in [0.2, 0.25) is 0 Å². The van der Waals surface area contributed by atoms with Crippen molar-refractivity contribution in [3.8, 4) is 0 Å². The van der Waals surface area contributed by atoms with E-state index in [1.165, 1.54) is 0 Å². The van der Waals surface area contributed by atoms with Crippen molar-refractivity contribution in [1.29, 1.82) is 0 Å². The molecule has 1 heterocycles. The Hall–Kier alpha value is -0.410. The predicted molar refractivity (Wildman–Crippen MR) is 60.9 cm³/mol. The van der Waals surface area contributed by atoms with Gasteiger partial charge in [-0.2, -0.15) is 0 Å². The molecule has 0 amide bonds. The third kappa shape index (κ3) is 4.76. The molecule has 0 spiro atoms. The summed E-state index contributed by atoms with van der Waals surface area (Å²) >= 11 is 0. The fourth-order valence-corrected chi connectivity index (χ4v) is 2.17. The van der Waals surface area contributed by atoms with E-state index in [9.17, 15) is 4.79 Å². The Morgan fingerprint density at radius 3 is 2.53 bits per heavy atom. The Morgan fingerprint density at radius 1 is 1.40 bits per heavy atom. The normalized spacial score (nSPS) is 19.5. The van der Waals surface area contributed by atoms with Crippen LogP contribution in [0.25, 0.3) is 0 Å². The number of ether oxygens (including phenoxy) is 1. The molecule has 0 unspecified atom stereocenters. The lowest BCUT2D eigenvalue weighted by Crippen LogP contribution is -2.36. The van der Waals surface area contributed by atoms with Crippen LogP contribution in [0, 0.1) is 11.3 Å². The van der Waals surface area contributed by atoms with E-state index < -0.39 is 0 Å². The van der Waals surface area contributed by atoms with E-state index in [-0.39, 0.29) is 5.41 Å². The summed E-state index contributed by atoms with van der Waals surface area (Å²) in [5.41, 5.74) is -0.222. The van der Waals surface area contributed by atoms with Crippen molar-refractivity contribution in [3.05, 3.63) is 0 Å². The Kier molecular flexibility index (Phi) is 4.74. The zero-order valence-electron chi connectivity index (χ0n) is 10.2. The van der Waals surface area contributed by atoms with Crippen LogP contribution in [0.2, 0.25) is 0 Å². The van der Waals surface area contributed by atoms with Gasteiger partial charge >= 0.3 is 0 Å². The Labute approximate surface area is 92.8 Å². The van der Waals surface area contributed by atoms with Crippen LogP contribution in [0.4, 0.5) is 0 Å². The van der Waals surface area contributed by atoms with Crippen LogP contribution in [0.15, 0.2) is 0 Å². The summed E-state index contributed by atoms with van der Waals surface area (Å²) in [4.78, 5) is 13.1. The molecule has 1 aliphatic heterocycles. The van der Waals surface area contributed by atoms with Crippen LogP contribution < -0.4 is 0 Å². The van der Waals surface area contributed by atoms with Crippen molar-refractivity contribution < 1.29 is 9.53 Å². The molecule has 1 fully saturated rings. The van der Waals surface area contributed by atoms with Gasteiger partial charge in [-0.1, -0.05) is 13.8 Å². The second-order valence-electron chi connectivity index (χ2n) is 5.36. The molecule has 0 atom stereocenters. The zero-order chi connectivity index (χ0) is 11.3. The van der Waals surface area contributed by atoms with Gasteiger partial charge in [-0.15, -0.1) is 0 Å². The smallest absolute Gasteiger partial charge is 0.126 e. The van der Waals surface area contributed by atoms with Gasteiger partial charge in [-0.05, 0) is 25.8 Å². The minimum Gasteiger partial charge on any atom is -0.381 e. The molecular weight excluding hydrogens is 190 g/mol. The van der Waals surface area contributed by atoms with Gasteiger partial charge in [-0.3, -0.25) is 0 Å². The molecule has 15 heavy (non-hydrogen) atoms. The van der Waals surface area contributed by atoms with Crippen molar-refractivity contribution in [2.24, 2.45) is 11.3 Å².